The molecular formula is C15H13N3O5S. The third-order valence-electron chi connectivity index (χ3n) is 2.97. The summed E-state index contributed by atoms with van der Waals surface area (Å²) in [5, 5.41) is 11.4. The average molecular weight is 347 g/mol. The normalized spacial score (nSPS) is 9.88. The summed E-state index contributed by atoms with van der Waals surface area (Å²) in [6.45, 7) is 0. The summed E-state index contributed by atoms with van der Waals surface area (Å²) < 4.78 is 5.51. The van der Waals surface area contributed by atoms with Crippen molar-refractivity contribution in [1.29, 1.82) is 0 Å². The highest BCUT2D eigenvalue weighted by atomic mass is 32.1. The monoisotopic (exact) mass is 347 g/mol. The molecule has 24 heavy (non-hydrogen) atoms. The summed E-state index contributed by atoms with van der Waals surface area (Å²) >= 11 is 5.00. The van der Waals surface area contributed by atoms with E-state index in [0.717, 1.165) is 11.8 Å². The number of hydrogen-bond donors (Lipinski definition) is 3. The molecule has 2 aromatic rings. The van der Waals surface area contributed by atoms with Crippen LogP contribution in [-0.4, -0.2) is 39.9 Å². The number of carboxylic acids is 1. The topological polar surface area (TPSA) is 110 Å². The lowest BCUT2D eigenvalue weighted by Gasteiger charge is -2.14. The maximum atomic E-state index is 12.0. The number of nitrogens with one attached hydrogen (secondary N) is 2. The van der Waals surface area contributed by atoms with E-state index in [2.05, 4.69) is 15.5 Å². The molecule has 2 rings (SSSR count). The standard InChI is InChI=1S/C15H13N3O5S/c1-23-14(22)11-8-7-10(13(20)21)18(11)17-15(24)16-12(19)9-5-3-2-4-6-9/h2-8H,1H3,(H,20,21)(H2,16,17,19,24). The fourth-order valence-electron chi connectivity index (χ4n) is 1.88. The van der Waals surface area contributed by atoms with Gasteiger partial charge in [0.15, 0.2) is 5.11 Å². The molecule has 1 aromatic heterocycles. The van der Waals surface area contributed by atoms with Gasteiger partial charge in [-0.15, -0.1) is 0 Å². The number of thiocarbonyl (C=S) groups is 1. The Morgan fingerprint density at radius 1 is 1.08 bits per heavy atom. The molecular weight excluding hydrogens is 334 g/mol. The summed E-state index contributed by atoms with van der Waals surface area (Å²) in [4.78, 5) is 34.9. The smallest absolute Gasteiger partial charge is 0.356 e. The molecule has 0 saturated heterocycles. The number of aromatic carboxylic acids is 1. The van der Waals surface area contributed by atoms with Gasteiger partial charge in [-0.05, 0) is 36.5 Å². The van der Waals surface area contributed by atoms with E-state index in [0.29, 0.717) is 5.56 Å². The molecule has 1 aromatic carbocycles. The average Bonchev–Trinajstić information content (AvgIpc) is 2.98. The van der Waals surface area contributed by atoms with Gasteiger partial charge in [-0.3, -0.25) is 15.5 Å². The molecule has 0 radical (unpaired) electrons. The quantitative estimate of drug-likeness (QED) is 0.564. The van der Waals surface area contributed by atoms with Crippen LogP contribution in [0.2, 0.25) is 0 Å². The molecule has 1 heterocycles. The highest BCUT2D eigenvalue weighted by Gasteiger charge is 2.20. The van der Waals surface area contributed by atoms with E-state index in [4.69, 9.17) is 17.3 Å². The second-order valence-electron chi connectivity index (χ2n) is 4.50. The van der Waals surface area contributed by atoms with Crippen molar-refractivity contribution in [3.05, 3.63) is 59.4 Å². The van der Waals surface area contributed by atoms with Crippen LogP contribution < -0.4 is 10.7 Å². The summed E-state index contributed by atoms with van der Waals surface area (Å²) in [5.74, 6) is -2.52. The molecule has 0 aliphatic heterocycles. The molecule has 0 bridgehead atoms. The van der Waals surface area contributed by atoms with Crippen LogP contribution in [0.3, 0.4) is 0 Å². The third-order valence-corrected chi connectivity index (χ3v) is 3.16. The number of methoxy groups -OCH3 is 1. The van der Waals surface area contributed by atoms with Gasteiger partial charge < -0.3 is 9.84 Å². The van der Waals surface area contributed by atoms with Crippen LogP contribution in [0.25, 0.3) is 0 Å². The lowest BCUT2D eigenvalue weighted by Crippen LogP contribution is -2.40. The van der Waals surface area contributed by atoms with Crippen molar-refractivity contribution >= 4 is 35.2 Å². The zero-order chi connectivity index (χ0) is 17.7. The Morgan fingerprint density at radius 3 is 2.29 bits per heavy atom. The molecule has 3 N–H and O–H groups in total. The van der Waals surface area contributed by atoms with Gasteiger partial charge in [-0.25, -0.2) is 14.3 Å². The van der Waals surface area contributed by atoms with Crippen molar-refractivity contribution in [2.45, 2.75) is 0 Å². The van der Waals surface area contributed by atoms with E-state index in [1.54, 1.807) is 30.3 Å². The van der Waals surface area contributed by atoms with Crippen molar-refractivity contribution in [3.8, 4) is 0 Å². The SMILES string of the molecule is COC(=O)c1ccc(C(=O)O)n1NC(=S)NC(=O)c1ccccc1. The second kappa shape index (κ2) is 7.38. The minimum Gasteiger partial charge on any atom is -0.477 e. The zero-order valence-corrected chi connectivity index (χ0v) is 13.3. The Morgan fingerprint density at radius 2 is 1.71 bits per heavy atom. The number of benzene rings is 1. The molecule has 124 valence electrons. The van der Waals surface area contributed by atoms with Gasteiger partial charge >= 0.3 is 11.9 Å². The minimum absolute atomic E-state index is 0.0776. The molecule has 0 atom stereocenters. The molecule has 9 heteroatoms. The van der Waals surface area contributed by atoms with Crippen molar-refractivity contribution in [3.63, 3.8) is 0 Å². The van der Waals surface area contributed by atoms with E-state index < -0.39 is 17.8 Å². The summed E-state index contributed by atoms with van der Waals surface area (Å²) in [7, 11) is 1.16. The second-order valence-corrected chi connectivity index (χ2v) is 4.91. The number of esters is 1. The fourth-order valence-corrected chi connectivity index (χ4v) is 2.07. The van der Waals surface area contributed by atoms with Gasteiger partial charge in [0.2, 0.25) is 0 Å². The highest BCUT2D eigenvalue weighted by Crippen LogP contribution is 2.09. The molecule has 1 amide bonds. The summed E-state index contributed by atoms with van der Waals surface area (Å²) in [6.07, 6.45) is 0. The number of ether oxygens (including phenoxy) is 1. The van der Waals surface area contributed by atoms with Crippen LogP contribution in [0.15, 0.2) is 42.5 Å². The van der Waals surface area contributed by atoms with Gasteiger partial charge in [0, 0.05) is 5.56 Å². The molecule has 0 spiro atoms. The van der Waals surface area contributed by atoms with Gasteiger partial charge in [0.25, 0.3) is 5.91 Å². The molecule has 0 fully saturated rings. The molecule has 0 unspecified atom stereocenters. The number of carbonyl (C=O) groups is 3. The van der Waals surface area contributed by atoms with Gasteiger partial charge in [0.05, 0.1) is 7.11 Å². The maximum Gasteiger partial charge on any atom is 0.356 e. The van der Waals surface area contributed by atoms with E-state index >= 15 is 0 Å². The van der Waals surface area contributed by atoms with Crippen LogP contribution in [0.1, 0.15) is 31.3 Å². The Kier molecular flexibility index (Phi) is 5.27. The number of carboxylic acid groups (broad SMARTS) is 1. The van der Waals surface area contributed by atoms with Crippen LogP contribution in [0, 0.1) is 0 Å². The first-order chi connectivity index (χ1) is 11.4. The van der Waals surface area contributed by atoms with E-state index in [-0.39, 0.29) is 16.5 Å². The van der Waals surface area contributed by atoms with Crippen molar-refractivity contribution in [1.82, 2.24) is 9.99 Å². The van der Waals surface area contributed by atoms with E-state index in [1.165, 1.54) is 12.1 Å². The maximum absolute atomic E-state index is 12.0. The first kappa shape index (κ1) is 17.2. The van der Waals surface area contributed by atoms with Crippen LogP contribution in [0.4, 0.5) is 0 Å². The molecule has 8 nitrogen and oxygen atoms in total. The third kappa shape index (κ3) is 3.76. The summed E-state index contributed by atoms with van der Waals surface area (Å²) in [5.41, 5.74) is 2.55. The number of rotatable bonds is 4. The number of carbonyl (C=O) groups excluding carboxylic acids is 2. The minimum atomic E-state index is -1.28. The summed E-state index contributed by atoms with van der Waals surface area (Å²) in [6, 6.07) is 10.8. The van der Waals surface area contributed by atoms with Crippen molar-refractivity contribution in [2.75, 3.05) is 12.5 Å². The molecule has 0 saturated carbocycles. The van der Waals surface area contributed by atoms with E-state index in [1.807, 2.05) is 0 Å². The molecule has 0 aliphatic rings. The van der Waals surface area contributed by atoms with Crippen molar-refractivity contribution in [2.24, 2.45) is 0 Å². The van der Waals surface area contributed by atoms with Crippen LogP contribution >= 0.6 is 12.2 Å². The van der Waals surface area contributed by atoms with Crippen molar-refractivity contribution < 1.29 is 24.2 Å². The van der Waals surface area contributed by atoms with Gasteiger partial charge in [-0.2, -0.15) is 0 Å². The molecule has 0 aliphatic carbocycles. The highest BCUT2D eigenvalue weighted by molar-refractivity contribution is 7.80. The Balaban J connectivity index is 2.19. The number of aromatic nitrogens is 1. The number of hydrogen-bond acceptors (Lipinski definition) is 5. The largest absolute Gasteiger partial charge is 0.477 e. The van der Waals surface area contributed by atoms with Crippen LogP contribution in [-0.2, 0) is 4.74 Å². The fraction of sp³-hybridized carbons (Fsp3) is 0.0667. The Bertz CT molecular complexity index is 801. The Labute approximate surface area is 142 Å². The van der Waals surface area contributed by atoms with E-state index in [9.17, 15) is 14.4 Å². The first-order valence-electron chi connectivity index (χ1n) is 6.64. The predicted molar refractivity (Wildman–Crippen MR) is 88.6 cm³/mol. The number of amides is 1. The lowest BCUT2D eigenvalue weighted by molar-refractivity contribution is 0.0590. The predicted octanol–water partition coefficient (Wildman–Crippen LogP) is 1.23. The van der Waals surface area contributed by atoms with Gasteiger partial charge in [-0.1, -0.05) is 18.2 Å². The van der Waals surface area contributed by atoms with Crippen LogP contribution in [0.5, 0.6) is 0 Å². The van der Waals surface area contributed by atoms with Gasteiger partial charge in [0.1, 0.15) is 11.4 Å². The first-order valence-corrected chi connectivity index (χ1v) is 7.05. The Hall–Kier alpha value is -3.20. The lowest BCUT2D eigenvalue weighted by atomic mass is 10.2. The zero-order valence-electron chi connectivity index (χ0n) is 12.5. The number of nitrogens with zero attached hydrogens (tertiary/aromatic N) is 1.